The Morgan fingerprint density at radius 2 is 1.94 bits per heavy atom. The highest BCUT2D eigenvalue weighted by Crippen LogP contribution is 2.28. The van der Waals surface area contributed by atoms with E-state index in [1.807, 2.05) is 12.1 Å². The summed E-state index contributed by atoms with van der Waals surface area (Å²) in [6.07, 6.45) is 0. The molecule has 0 radical (unpaired) electrons. The smallest absolute Gasteiger partial charge is 0.134 e. The molecule has 1 fully saturated rings. The van der Waals surface area contributed by atoms with Crippen LogP contribution >= 0.6 is 11.6 Å². The van der Waals surface area contributed by atoms with E-state index >= 15 is 0 Å². The molecule has 0 atom stereocenters. The van der Waals surface area contributed by atoms with Crippen molar-refractivity contribution >= 4 is 17.3 Å². The standard InChI is InChI=1S/C12H17ClN2O/c1-2-14-5-7-15(8-6-14)10-3-4-12(16)11(13)9-10/h3-4,9,16H,2,5-8H2,1H3. The quantitative estimate of drug-likeness (QED) is 0.859. The molecule has 16 heavy (non-hydrogen) atoms. The van der Waals surface area contributed by atoms with Gasteiger partial charge in [0.2, 0.25) is 0 Å². The lowest BCUT2D eigenvalue weighted by Gasteiger charge is -2.35. The lowest BCUT2D eigenvalue weighted by Crippen LogP contribution is -2.46. The molecule has 1 saturated heterocycles. The van der Waals surface area contributed by atoms with E-state index in [0.29, 0.717) is 5.02 Å². The van der Waals surface area contributed by atoms with Crippen LogP contribution in [0.25, 0.3) is 0 Å². The first-order valence-corrected chi connectivity index (χ1v) is 6.04. The maximum Gasteiger partial charge on any atom is 0.134 e. The van der Waals surface area contributed by atoms with E-state index in [0.717, 1.165) is 38.4 Å². The van der Waals surface area contributed by atoms with E-state index in [1.54, 1.807) is 6.07 Å². The van der Waals surface area contributed by atoms with Crippen LogP contribution < -0.4 is 4.90 Å². The molecule has 0 aliphatic carbocycles. The maximum absolute atomic E-state index is 9.36. The second-order valence-corrected chi connectivity index (χ2v) is 4.46. The second-order valence-electron chi connectivity index (χ2n) is 4.06. The van der Waals surface area contributed by atoms with Gasteiger partial charge in [0, 0.05) is 31.9 Å². The highest BCUT2D eigenvalue weighted by molar-refractivity contribution is 6.32. The Hall–Kier alpha value is -0.930. The Balaban J connectivity index is 2.05. The van der Waals surface area contributed by atoms with E-state index in [-0.39, 0.29) is 5.75 Å². The molecular formula is C12H17ClN2O. The van der Waals surface area contributed by atoms with Crippen LogP contribution in [0.2, 0.25) is 5.02 Å². The van der Waals surface area contributed by atoms with Crippen molar-refractivity contribution < 1.29 is 5.11 Å². The SMILES string of the molecule is CCN1CCN(c2ccc(O)c(Cl)c2)CC1. The predicted octanol–water partition coefficient (Wildman–Crippen LogP) is 2.19. The molecule has 0 aromatic heterocycles. The average Bonchev–Trinajstić information content (AvgIpc) is 2.33. The van der Waals surface area contributed by atoms with Crippen LogP contribution in [0.5, 0.6) is 5.75 Å². The van der Waals surface area contributed by atoms with E-state index in [9.17, 15) is 5.11 Å². The van der Waals surface area contributed by atoms with Crippen molar-refractivity contribution in [3.8, 4) is 5.75 Å². The zero-order valence-corrected chi connectivity index (χ0v) is 10.2. The molecule has 3 nitrogen and oxygen atoms in total. The van der Waals surface area contributed by atoms with E-state index in [4.69, 9.17) is 11.6 Å². The minimum absolute atomic E-state index is 0.151. The minimum Gasteiger partial charge on any atom is -0.506 e. The molecule has 1 aliphatic rings. The zero-order valence-electron chi connectivity index (χ0n) is 9.49. The van der Waals surface area contributed by atoms with Gasteiger partial charge >= 0.3 is 0 Å². The van der Waals surface area contributed by atoms with Gasteiger partial charge in [-0.25, -0.2) is 0 Å². The second kappa shape index (κ2) is 4.93. The van der Waals surface area contributed by atoms with Crippen LogP contribution in [-0.2, 0) is 0 Å². The Labute approximate surface area is 101 Å². The normalized spacial score (nSPS) is 17.8. The molecule has 4 heteroatoms. The van der Waals surface area contributed by atoms with Gasteiger partial charge in [-0.05, 0) is 24.7 Å². The number of phenols is 1. The fourth-order valence-corrected chi connectivity index (χ4v) is 2.19. The lowest BCUT2D eigenvalue weighted by atomic mass is 10.2. The molecule has 0 amide bonds. The first kappa shape index (κ1) is 11.6. The van der Waals surface area contributed by atoms with Crippen LogP contribution in [-0.4, -0.2) is 42.7 Å². The summed E-state index contributed by atoms with van der Waals surface area (Å²) in [5, 5.41) is 9.79. The van der Waals surface area contributed by atoms with Crippen molar-refractivity contribution in [3.63, 3.8) is 0 Å². The predicted molar refractivity (Wildman–Crippen MR) is 67.4 cm³/mol. The maximum atomic E-state index is 9.36. The van der Waals surface area contributed by atoms with Crippen LogP contribution in [0.4, 0.5) is 5.69 Å². The summed E-state index contributed by atoms with van der Waals surface area (Å²) in [5.41, 5.74) is 1.10. The number of piperazine rings is 1. The topological polar surface area (TPSA) is 26.7 Å². The highest BCUT2D eigenvalue weighted by Gasteiger charge is 2.16. The zero-order chi connectivity index (χ0) is 11.5. The van der Waals surface area contributed by atoms with E-state index < -0.39 is 0 Å². The Kier molecular flexibility index (Phi) is 3.56. The number of hydrogen-bond acceptors (Lipinski definition) is 3. The molecule has 0 unspecified atom stereocenters. The summed E-state index contributed by atoms with van der Waals surface area (Å²) >= 11 is 5.90. The molecule has 0 bridgehead atoms. The number of hydrogen-bond donors (Lipinski definition) is 1. The fraction of sp³-hybridized carbons (Fsp3) is 0.500. The Morgan fingerprint density at radius 1 is 1.25 bits per heavy atom. The van der Waals surface area contributed by atoms with Gasteiger partial charge in [-0.15, -0.1) is 0 Å². The fourth-order valence-electron chi connectivity index (χ4n) is 2.01. The van der Waals surface area contributed by atoms with Crippen LogP contribution in [0.3, 0.4) is 0 Å². The van der Waals surface area contributed by atoms with Crippen molar-refractivity contribution in [2.45, 2.75) is 6.92 Å². The number of phenolic OH excluding ortho intramolecular Hbond substituents is 1. The molecule has 0 spiro atoms. The van der Waals surface area contributed by atoms with E-state index in [1.165, 1.54) is 0 Å². The van der Waals surface area contributed by atoms with Crippen molar-refractivity contribution in [2.75, 3.05) is 37.6 Å². The summed E-state index contributed by atoms with van der Waals surface area (Å²) in [6.45, 7) is 7.53. The van der Waals surface area contributed by atoms with Crippen molar-refractivity contribution in [1.82, 2.24) is 4.90 Å². The molecular weight excluding hydrogens is 224 g/mol. The third-order valence-electron chi connectivity index (χ3n) is 3.12. The lowest BCUT2D eigenvalue weighted by molar-refractivity contribution is 0.271. The first-order chi connectivity index (χ1) is 7.70. The Morgan fingerprint density at radius 3 is 2.50 bits per heavy atom. The van der Waals surface area contributed by atoms with Crippen LogP contribution in [0, 0.1) is 0 Å². The van der Waals surface area contributed by atoms with Crippen molar-refractivity contribution in [3.05, 3.63) is 23.2 Å². The molecule has 1 aromatic rings. The summed E-state index contributed by atoms with van der Waals surface area (Å²) in [7, 11) is 0. The summed E-state index contributed by atoms with van der Waals surface area (Å²) in [5.74, 6) is 0.151. The number of rotatable bonds is 2. The molecule has 88 valence electrons. The van der Waals surface area contributed by atoms with Gasteiger partial charge in [-0.1, -0.05) is 18.5 Å². The summed E-state index contributed by atoms with van der Waals surface area (Å²) in [4.78, 5) is 4.73. The van der Waals surface area contributed by atoms with Gasteiger partial charge in [-0.3, -0.25) is 0 Å². The molecule has 0 saturated carbocycles. The van der Waals surface area contributed by atoms with Crippen molar-refractivity contribution in [1.29, 1.82) is 0 Å². The van der Waals surface area contributed by atoms with Gasteiger partial charge in [0.25, 0.3) is 0 Å². The molecule has 1 aliphatic heterocycles. The monoisotopic (exact) mass is 240 g/mol. The number of nitrogens with zero attached hydrogens (tertiary/aromatic N) is 2. The van der Waals surface area contributed by atoms with Gasteiger partial charge in [-0.2, -0.15) is 0 Å². The summed E-state index contributed by atoms with van der Waals surface area (Å²) < 4.78 is 0. The first-order valence-electron chi connectivity index (χ1n) is 5.66. The number of likely N-dealkylation sites (N-methyl/N-ethyl adjacent to an activating group) is 1. The number of anilines is 1. The Bertz CT molecular complexity index is 362. The van der Waals surface area contributed by atoms with Crippen LogP contribution in [0.1, 0.15) is 6.92 Å². The molecule has 2 rings (SSSR count). The minimum atomic E-state index is 0.151. The third kappa shape index (κ3) is 2.42. The van der Waals surface area contributed by atoms with Crippen molar-refractivity contribution in [2.24, 2.45) is 0 Å². The molecule has 1 aromatic carbocycles. The van der Waals surface area contributed by atoms with Crippen LogP contribution in [0.15, 0.2) is 18.2 Å². The van der Waals surface area contributed by atoms with Gasteiger partial charge in [0.05, 0.1) is 5.02 Å². The largest absolute Gasteiger partial charge is 0.506 e. The number of benzene rings is 1. The average molecular weight is 241 g/mol. The number of aromatic hydroxyl groups is 1. The number of halogens is 1. The third-order valence-corrected chi connectivity index (χ3v) is 3.42. The molecule has 1 heterocycles. The summed E-state index contributed by atoms with van der Waals surface area (Å²) in [6, 6.07) is 5.41. The van der Waals surface area contributed by atoms with Gasteiger partial charge < -0.3 is 14.9 Å². The van der Waals surface area contributed by atoms with Gasteiger partial charge in [0.1, 0.15) is 5.75 Å². The van der Waals surface area contributed by atoms with E-state index in [2.05, 4.69) is 16.7 Å². The molecule has 1 N–H and O–H groups in total. The van der Waals surface area contributed by atoms with Gasteiger partial charge in [0.15, 0.2) is 0 Å². The highest BCUT2D eigenvalue weighted by atomic mass is 35.5.